The lowest BCUT2D eigenvalue weighted by atomic mass is 10.1. The van der Waals surface area contributed by atoms with Crippen LogP contribution in [-0.4, -0.2) is 22.0 Å². The number of hydrogen-bond acceptors (Lipinski definition) is 5. The molecule has 1 aliphatic carbocycles. The number of nitrogens with two attached hydrogens (primary N) is 1. The molecule has 17 heavy (non-hydrogen) atoms. The van der Waals surface area contributed by atoms with Gasteiger partial charge in [0.1, 0.15) is 0 Å². The standard InChI is InChI=1S/C11H16N4O2/c1-7-5-6-13-11(10(7)15(16)17)14-9-4-2-3-8(9)12/h5-6,8-9H,2-4,12H2,1H3,(H,13,14). The van der Waals surface area contributed by atoms with Gasteiger partial charge in [0.2, 0.25) is 5.82 Å². The lowest BCUT2D eigenvalue weighted by Gasteiger charge is -2.17. The quantitative estimate of drug-likeness (QED) is 0.614. The Morgan fingerprint density at radius 2 is 2.35 bits per heavy atom. The minimum atomic E-state index is -0.398. The molecule has 1 aliphatic rings. The van der Waals surface area contributed by atoms with Crippen molar-refractivity contribution in [2.45, 2.75) is 38.3 Å². The molecule has 1 heterocycles. The maximum Gasteiger partial charge on any atom is 0.314 e. The van der Waals surface area contributed by atoms with Crippen molar-refractivity contribution in [1.29, 1.82) is 0 Å². The molecule has 2 rings (SSSR count). The molecule has 0 spiro atoms. The fourth-order valence-corrected chi connectivity index (χ4v) is 2.23. The van der Waals surface area contributed by atoms with E-state index in [4.69, 9.17) is 5.73 Å². The minimum absolute atomic E-state index is 0.0478. The molecule has 2 unspecified atom stereocenters. The van der Waals surface area contributed by atoms with Crippen LogP contribution in [0.3, 0.4) is 0 Å². The molecule has 6 heteroatoms. The van der Waals surface area contributed by atoms with Crippen molar-refractivity contribution in [1.82, 2.24) is 4.98 Å². The van der Waals surface area contributed by atoms with E-state index in [-0.39, 0.29) is 17.8 Å². The summed E-state index contributed by atoms with van der Waals surface area (Å²) in [6, 6.07) is 1.78. The van der Waals surface area contributed by atoms with Crippen LogP contribution in [0.1, 0.15) is 24.8 Å². The van der Waals surface area contributed by atoms with Crippen molar-refractivity contribution >= 4 is 11.5 Å². The number of pyridine rings is 1. The Bertz CT molecular complexity index is 435. The average Bonchev–Trinajstić information content (AvgIpc) is 2.64. The molecule has 0 radical (unpaired) electrons. The van der Waals surface area contributed by atoms with Crippen molar-refractivity contribution in [2.24, 2.45) is 5.73 Å². The average molecular weight is 236 g/mol. The molecule has 0 bridgehead atoms. The van der Waals surface area contributed by atoms with Crippen LogP contribution in [-0.2, 0) is 0 Å². The SMILES string of the molecule is Cc1ccnc(NC2CCCC2N)c1[N+](=O)[O-]. The number of aromatic nitrogens is 1. The third kappa shape index (κ3) is 2.36. The van der Waals surface area contributed by atoms with Crippen LogP contribution in [0.2, 0.25) is 0 Å². The topological polar surface area (TPSA) is 94.1 Å². The highest BCUT2D eigenvalue weighted by atomic mass is 16.6. The van der Waals surface area contributed by atoms with Gasteiger partial charge < -0.3 is 11.1 Å². The van der Waals surface area contributed by atoms with Gasteiger partial charge in [-0.25, -0.2) is 4.98 Å². The van der Waals surface area contributed by atoms with Crippen molar-refractivity contribution in [3.63, 3.8) is 0 Å². The first-order chi connectivity index (χ1) is 8.09. The summed E-state index contributed by atoms with van der Waals surface area (Å²) in [6.45, 7) is 1.71. The normalized spacial score (nSPS) is 23.6. The van der Waals surface area contributed by atoms with E-state index in [1.165, 1.54) is 0 Å². The van der Waals surface area contributed by atoms with Crippen LogP contribution in [0.15, 0.2) is 12.3 Å². The molecule has 0 aromatic carbocycles. The summed E-state index contributed by atoms with van der Waals surface area (Å²) in [5.74, 6) is 0.331. The number of nitrogens with zero attached hydrogens (tertiary/aromatic N) is 2. The number of anilines is 1. The summed E-state index contributed by atoms with van der Waals surface area (Å²) in [4.78, 5) is 14.6. The summed E-state index contributed by atoms with van der Waals surface area (Å²) in [7, 11) is 0. The first kappa shape index (κ1) is 11.8. The van der Waals surface area contributed by atoms with Crippen molar-refractivity contribution in [3.05, 3.63) is 27.9 Å². The summed E-state index contributed by atoms with van der Waals surface area (Å²) in [5, 5.41) is 14.1. The van der Waals surface area contributed by atoms with Crippen LogP contribution < -0.4 is 11.1 Å². The maximum absolute atomic E-state index is 11.0. The Balaban J connectivity index is 2.26. The van der Waals surface area contributed by atoms with E-state index in [1.807, 2.05) is 0 Å². The molecular formula is C11H16N4O2. The third-order valence-electron chi connectivity index (χ3n) is 3.20. The highest BCUT2D eigenvalue weighted by molar-refractivity contribution is 5.60. The van der Waals surface area contributed by atoms with Gasteiger partial charge in [0.05, 0.1) is 4.92 Å². The highest BCUT2D eigenvalue weighted by Gasteiger charge is 2.27. The van der Waals surface area contributed by atoms with Crippen LogP contribution in [0.25, 0.3) is 0 Å². The smallest absolute Gasteiger partial charge is 0.314 e. The molecule has 6 nitrogen and oxygen atoms in total. The van der Waals surface area contributed by atoms with Gasteiger partial charge in [-0.05, 0) is 32.3 Å². The Labute approximate surface area is 99.4 Å². The molecule has 0 amide bonds. The zero-order chi connectivity index (χ0) is 12.4. The van der Waals surface area contributed by atoms with E-state index in [2.05, 4.69) is 10.3 Å². The Kier molecular flexibility index (Phi) is 3.23. The van der Waals surface area contributed by atoms with Crippen LogP contribution in [0.4, 0.5) is 11.5 Å². The molecule has 0 aliphatic heterocycles. The molecular weight excluding hydrogens is 220 g/mol. The molecule has 3 N–H and O–H groups in total. The summed E-state index contributed by atoms with van der Waals surface area (Å²) in [5.41, 5.74) is 6.59. The fourth-order valence-electron chi connectivity index (χ4n) is 2.23. The van der Waals surface area contributed by atoms with E-state index in [0.717, 1.165) is 19.3 Å². The summed E-state index contributed by atoms with van der Waals surface area (Å²) < 4.78 is 0. The van der Waals surface area contributed by atoms with Crippen molar-refractivity contribution < 1.29 is 4.92 Å². The monoisotopic (exact) mass is 236 g/mol. The number of aryl methyl sites for hydroxylation is 1. The van der Waals surface area contributed by atoms with E-state index < -0.39 is 4.92 Å². The van der Waals surface area contributed by atoms with Crippen molar-refractivity contribution in [2.75, 3.05) is 5.32 Å². The minimum Gasteiger partial charge on any atom is -0.360 e. The van der Waals surface area contributed by atoms with Crippen molar-refractivity contribution in [3.8, 4) is 0 Å². The number of nitro groups is 1. The molecule has 1 aromatic heterocycles. The molecule has 0 saturated heterocycles. The van der Waals surface area contributed by atoms with Gasteiger partial charge in [-0.1, -0.05) is 0 Å². The predicted octanol–water partition coefficient (Wildman–Crippen LogP) is 1.59. The van der Waals surface area contributed by atoms with Gasteiger partial charge in [0, 0.05) is 23.8 Å². The third-order valence-corrected chi connectivity index (χ3v) is 3.20. The van der Waals surface area contributed by atoms with Crippen LogP contribution >= 0.6 is 0 Å². The second-order valence-corrected chi connectivity index (χ2v) is 4.43. The summed E-state index contributed by atoms with van der Waals surface area (Å²) >= 11 is 0. The van der Waals surface area contributed by atoms with Crippen LogP contribution in [0, 0.1) is 17.0 Å². The Morgan fingerprint density at radius 1 is 1.59 bits per heavy atom. The second kappa shape index (κ2) is 4.67. The fraction of sp³-hybridized carbons (Fsp3) is 0.545. The van der Waals surface area contributed by atoms with Gasteiger partial charge in [-0.3, -0.25) is 10.1 Å². The largest absolute Gasteiger partial charge is 0.360 e. The van der Waals surface area contributed by atoms with Gasteiger partial charge in [-0.15, -0.1) is 0 Å². The number of rotatable bonds is 3. The zero-order valence-electron chi connectivity index (χ0n) is 9.72. The van der Waals surface area contributed by atoms with E-state index >= 15 is 0 Å². The number of nitrogens with one attached hydrogen (secondary N) is 1. The first-order valence-electron chi connectivity index (χ1n) is 5.71. The Morgan fingerprint density at radius 3 is 2.94 bits per heavy atom. The predicted molar refractivity (Wildman–Crippen MR) is 64.9 cm³/mol. The number of hydrogen-bond donors (Lipinski definition) is 2. The van der Waals surface area contributed by atoms with E-state index in [0.29, 0.717) is 11.4 Å². The van der Waals surface area contributed by atoms with Gasteiger partial charge in [-0.2, -0.15) is 0 Å². The van der Waals surface area contributed by atoms with Gasteiger partial charge in [0.15, 0.2) is 0 Å². The highest BCUT2D eigenvalue weighted by Crippen LogP contribution is 2.28. The molecule has 1 saturated carbocycles. The summed E-state index contributed by atoms with van der Waals surface area (Å²) in [6.07, 6.45) is 4.52. The first-order valence-corrected chi connectivity index (χ1v) is 5.71. The van der Waals surface area contributed by atoms with E-state index in [9.17, 15) is 10.1 Å². The maximum atomic E-state index is 11.0. The Hall–Kier alpha value is -1.69. The zero-order valence-corrected chi connectivity index (χ0v) is 9.72. The van der Waals surface area contributed by atoms with Crippen LogP contribution in [0.5, 0.6) is 0 Å². The molecule has 2 atom stereocenters. The lowest BCUT2D eigenvalue weighted by Crippen LogP contribution is -2.35. The molecule has 1 fully saturated rings. The molecule has 92 valence electrons. The van der Waals surface area contributed by atoms with Gasteiger partial charge in [0.25, 0.3) is 0 Å². The van der Waals surface area contributed by atoms with E-state index in [1.54, 1.807) is 19.2 Å². The molecule has 1 aromatic rings. The lowest BCUT2D eigenvalue weighted by molar-refractivity contribution is -0.384. The van der Waals surface area contributed by atoms with Gasteiger partial charge >= 0.3 is 5.69 Å². The second-order valence-electron chi connectivity index (χ2n) is 4.43.